The molecule has 1 aliphatic heterocycles. The normalized spacial score (nSPS) is 17.9. The van der Waals surface area contributed by atoms with Crippen molar-refractivity contribution < 1.29 is 17.5 Å². The van der Waals surface area contributed by atoms with Crippen LogP contribution in [0.15, 0.2) is 41.3 Å². The van der Waals surface area contributed by atoms with Crippen molar-refractivity contribution in [1.29, 1.82) is 0 Å². The van der Waals surface area contributed by atoms with Gasteiger partial charge in [0.05, 0.1) is 36.0 Å². The first kappa shape index (κ1) is 26.3. The molecule has 1 fully saturated rings. The van der Waals surface area contributed by atoms with Crippen molar-refractivity contribution >= 4 is 32.1 Å². The molecule has 37 heavy (non-hydrogen) atoms. The maximum Gasteiger partial charge on any atom is 0.175 e. The summed E-state index contributed by atoms with van der Waals surface area (Å²) >= 11 is 0. The number of halogens is 1. The summed E-state index contributed by atoms with van der Waals surface area (Å²) in [6.45, 7) is 3.23. The molecular weight excluding hydrogens is 493 g/mol. The van der Waals surface area contributed by atoms with Gasteiger partial charge in [0, 0.05) is 36.8 Å². The van der Waals surface area contributed by atoms with E-state index in [1.165, 1.54) is 19.2 Å². The van der Waals surface area contributed by atoms with Crippen LogP contribution in [0.5, 0.6) is 5.75 Å². The zero-order valence-electron chi connectivity index (χ0n) is 21.3. The molecule has 0 unspecified atom stereocenters. The van der Waals surface area contributed by atoms with Gasteiger partial charge in [-0.3, -0.25) is 0 Å². The van der Waals surface area contributed by atoms with Gasteiger partial charge in [0.1, 0.15) is 23.1 Å². The van der Waals surface area contributed by atoms with Crippen LogP contribution >= 0.6 is 0 Å². The number of hydrogen-bond acceptors (Lipinski definition) is 7. The molecule has 2 aromatic carbocycles. The highest BCUT2D eigenvalue weighted by molar-refractivity contribution is 7.90. The molecule has 0 saturated carbocycles. The number of nitrogens with zero attached hydrogens (tertiary/aromatic N) is 3. The van der Waals surface area contributed by atoms with Gasteiger partial charge in [-0.25, -0.2) is 12.8 Å². The summed E-state index contributed by atoms with van der Waals surface area (Å²) in [6.07, 6.45) is 0.882. The van der Waals surface area contributed by atoms with E-state index in [0.29, 0.717) is 35.6 Å². The highest BCUT2D eigenvalue weighted by atomic mass is 32.2. The lowest BCUT2D eigenvalue weighted by Crippen LogP contribution is -2.46. The van der Waals surface area contributed by atoms with Crippen molar-refractivity contribution in [3.63, 3.8) is 0 Å². The highest BCUT2D eigenvalue weighted by Crippen LogP contribution is 2.29. The van der Waals surface area contributed by atoms with E-state index in [9.17, 15) is 12.8 Å². The molecule has 2 N–H and O–H groups in total. The van der Waals surface area contributed by atoms with Crippen molar-refractivity contribution in [2.24, 2.45) is 0 Å². The van der Waals surface area contributed by atoms with E-state index in [-0.39, 0.29) is 17.5 Å². The van der Waals surface area contributed by atoms with Gasteiger partial charge < -0.3 is 20.3 Å². The second-order valence-electron chi connectivity index (χ2n) is 8.93. The fraction of sp³-hybridized carbons (Fsp3) is 0.370. The molecule has 2 heterocycles. The average molecular weight is 524 g/mol. The summed E-state index contributed by atoms with van der Waals surface area (Å²) < 4.78 is 45.1. The molecule has 0 aliphatic carbocycles. The van der Waals surface area contributed by atoms with Crippen LogP contribution in [0.4, 0.5) is 15.8 Å². The first-order valence-corrected chi connectivity index (χ1v) is 13.7. The monoisotopic (exact) mass is 523 g/mol. The number of nitrogens with one attached hydrogen (secondary N) is 2. The Morgan fingerprint density at radius 2 is 2.05 bits per heavy atom. The molecule has 2 atom stereocenters. The molecule has 10 heteroatoms. The van der Waals surface area contributed by atoms with E-state index in [1.807, 2.05) is 30.1 Å². The molecule has 4 rings (SSSR count). The van der Waals surface area contributed by atoms with E-state index >= 15 is 0 Å². The third-order valence-electron chi connectivity index (χ3n) is 6.19. The standard InChI is InChI=1S/C27H30FN5O3S/c1-5-8-25-20-9-6-10-24(30-22-13-16-32(2)18-21(22)28)27(20)31-33(25)15-7-14-29-23-12-11-19(37(4,34)35)17-26(23)36-3/h6,9-12,17,21-22,29-30H,13-14,16,18H2,1-4H3/t21-,22+/m0/s1. The van der Waals surface area contributed by atoms with E-state index in [0.717, 1.165) is 23.9 Å². The molecule has 0 bridgehead atoms. The van der Waals surface area contributed by atoms with Crippen molar-refractivity contribution in [3.05, 3.63) is 42.1 Å². The van der Waals surface area contributed by atoms with E-state index in [1.54, 1.807) is 17.7 Å². The van der Waals surface area contributed by atoms with Gasteiger partial charge in [0.2, 0.25) is 0 Å². The largest absolute Gasteiger partial charge is 0.495 e. The predicted molar refractivity (Wildman–Crippen MR) is 144 cm³/mol. The van der Waals surface area contributed by atoms with Crippen LogP contribution in [-0.4, -0.2) is 75.4 Å². The van der Waals surface area contributed by atoms with Crippen LogP contribution in [0.1, 0.15) is 19.0 Å². The Morgan fingerprint density at radius 3 is 2.76 bits per heavy atom. The van der Waals surface area contributed by atoms with Crippen molar-refractivity contribution in [2.75, 3.05) is 50.7 Å². The zero-order valence-corrected chi connectivity index (χ0v) is 22.1. The molecule has 1 aromatic heterocycles. The Kier molecular flexibility index (Phi) is 7.91. The number of anilines is 2. The highest BCUT2D eigenvalue weighted by Gasteiger charge is 2.28. The van der Waals surface area contributed by atoms with Gasteiger partial charge in [-0.2, -0.15) is 9.78 Å². The summed E-state index contributed by atoms with van der Waals surface area (Å²) in [5, 5.41) is 12.0. The molecule has 0 amide bonds. The first-order valence-electron chi connectivity index (χ1n) is 11.9. The minimum absolute atomic E-state index is 0.177. The Hall–Kier alpha value is -3.73. The van der Waals surface area contributed by atoms with Crippen molar-refractivity contribution in [1.82, 2.24) is 14.7 Å². The van der Waals surface area contributed by atoms with Crippen LogP contribution in [0.25, 0.3) is 10.9 Å². The minimum atomic E-state index is -3.34. The predicted octanol–water partition coefficient (Wildman–Crippen LogP) is 3.20. The number of fused-ring (bicyclic) bond motifs is 1. The van der Waals surface area contributed by atoms with Crippen molar-refractivity contribution in [3.8, 4) is 29.6 Å². The van der Waals surface area contributed by atoms with E-state index in [4.69, 9.17) is 4.74 Å². The fourth-order valence-corrected chi connectivity index (χ4v) is 4.90. The Balaban J connectivity index is 1.57. The number of hydrogen-bond donors (Lipinski definition) is 2. The first-order chi connectivity index (χ1) is 17.7. The summed E-state index contributed by atoms with van der Waals surface area (Å²) in [5.74, 6) is 9.44. The Bertz CT molecular complexity index is 1530. The summed E-state index contributed by atoms with van der Waals surface area (Å²) in [6, 6.07) is 13.1. The van der Waals surface area contributed by atoms with Crippen LogP contribution in [0.3, 0.4) is 0 Å². The molecule has 3 aromatic rings. The molecule has 1 aliphatic rings. The number of rotatable bonds is 6. The smallest absolute Gasteiger partial charge is 0.175 e. The molecule has 0 spiro atoms. The van der Waals surface area contributed by atoms with E-state index < -0.39 is 16.0 Å². The third kappa shape index (κ3) is 5.99. The molecule has 0 radical (unpaired) electrons. The van der Waals surface area contributed by atoms with Crippen LogP contribution in [-0.2, 0) is 9.84 Å². The number of aromatic nitrogens is 2. The van der Waals surface area contributed by atoms with Gasteiger partial charge in [-0.15, -0.1) is 0 Å². The zero-order chi connectivity index (χ0) is 26.6. The fourth-order valence-electron chi connectivity index (χ4n) is 4.26. The lowest BCUT2D eigenvalue weighted by Gasteiger charge is -2.33. The molecule has 1 saturated heterocycles. The maximum atomic E-state index is 14.6. The number of ether oxygens (including phenoxy) is 1. The number of alkyl halides is 1. The lowest BCUT2D eigenvalue weighted by atomic mass is 10.0. The second kappa shape index (κ2) is 11.1. The quantitative estimate of drug-likeness (QED) is 0.480. The third-order valence-corrected chi connectivity index (χ3v) is 7.30. The number of piperidine rings is 1. The SMILES string of the molecule is CC#Cc1c2cccc(N[C@@H]3CCN(C)C[C@@H]3F)c2nn1C#CCNc1ccc(S(C)(=O)=O)cc1OC. The molecular formula is C27H30FN5O3S. The second-order valence-corrected chi connectivity index (χ2v) is 10.9. The number of benzene rings is 2. The van der Waals surface area contributed by atoms with Crippen molar-refractivity contribution in [2.45, 2.75) is 30.5 Å². The van der Waals surface area contributed by atoms with Gasteiger partial charge in [-0.05, 0) is 50.6 Å². The average Bonchev–Trinajstić information content (AvgIpc) is 3.21. The summed E-state index contributed by atoms with van der Waals surface area (Å²) in [7, 11) is 0.0600. The number of methoxy groups -OCH3 is 1. The summed E-state index contributed by atoms with van der Waals surface area (Å²) in [5.41, 5.74) is 2.72. The molecule has 194 valence electrons. The number of sulfone groups is 1. The Labute approximate surface area is 217 Å². The molecule has 8 nitrogen and oxygen atoms in total. The van der Waals surface area contributed by atoms with Gasteiger partial charge >= 0.3 is 0 Å². The van der Waals surface area contributed by atoms with Crippen LogP contribution in [0, 0.1) is 23.8 Å². The summed E-state index contributed by atoms with van der Waals surface area (Å²) in [4.78, 5) is 2.17. The minimum Gasteiger partial charge on any atom is -0.495 e. The lowest BCUT2D eigenvalue weighted by molar-refractivity contribution is 0.149. The Morgan fingerprint density at radius 1 is 1.24 bits per heavy atom. The van der Waals surface area contributed by atoms with Gasteiger partial charge in [-0.1, -0.05) is 17.9 Å². The maximum absolute atomic E-state index is 14.6. The topological polar surface area (TPSA) is 88.5 Å². The number of likely N-dealkylation sites (tertiary alicyclic amines) is 1. The van der Waals surface area contributed by atoms with Crippen LogP contribution < -0.4 is 15.4 Å². The van der Waals surface area contributed by atoms with Crippen LogP contribution in [0.2, 0.25) is 0 Å². The van der Waals surface area contributed by atoms with E-state index in [2.05, 4.69) is 39.5 Å². The van der Waals surface area contributed by atoms with Gasteiger partial charge in [0.15, 0.2) is 9.84 Å². The van der Waals surface area contributed by atoms with Gasteiger partial charge in [0.25, 0.3) is 0 Å².